The fourth-order valence-electron chi connectivity index (χ4n) is 18.0. The number of phenols is 1. The second kappa shape index (κ2) is 41.1. The molecule has 0 radical (unpaired) electrons. The molecule has 0 saturated carbocycles. The number of benzene rings is 16. The van der Waals surface area contributed by atoms with Gasteiger partial charge in [-0.3, -0.25) is 0 Å². The topological polar surface area (TPSA) is 68.7 Å². The summed E-state index contributed by atoms with van der Waals surface area (Å²) in [5.41, 5.74) is 25.6. The van der Waals surface area contributed by atoms with Crippen LogP contribution in [-0.4, -0.2) is 5.11 Å². The van der Waals surface area contributed by atoms with Crippen LogP contribution in [0.5, 0.6) is 17.2 Å². The molecule has 0 saturated heterocycles. The fourth-order valence-corrected chi connectivity index (χ4v) is 18.9. The van der Waals surface area contributed by atoms with Gasteiger partial charge < -0.3 is 38.3 Å². The number of ether oxygens (including phenoxy) is 1. The third-order valence-corrected chi connectivity index (χ3v) is 27.9. The number of rotatable bonds is 18. The van der Waals surface area contributed by atoms with Gasteiger partial charge in [-0.2, -0.15) is 0 Å². The summed E-state index contributed by atoms with van der Waals surface area (Å²) in [5, 5.41) is 15.9. The molecule has 18 rings (SSSR count). The van der Waals surface area contributed by atoms with Gasteiger partial charge in [-0.15, -0.1) is 0 Å². The van der Waals surface area contributed by atoms with Gasteiger partial charge in [-0.05, 0) is 252 Å². The summed E-state index contributed by atoms with van der Waals surface area (Å²) in [5.74, 6) is 4.59. The summed E-state index contributed by atoms with van der Waals surface area (Å²) in [6, 6.07) is 132. The quantitative estimate of drug-likeness (QED) is 0.0911. The molecule has 0 aliphatic carbocycles. The minimum absolute atomic E-state index is 0.0134. The maximum absolute atomic E-state index is 11.1. The van der Waals surface area contributed by atoms with Crippen LogP contribution in [0.3, 0.4) is 0 Å². The lowest BCUT2D eigenvalue weighted by molar-refractivity contribution is 0.471. The normalized spacial score (nSPS) is 12.2. The summed E-state index contributed by atoms with van der Waals surface area (Å²) in [6.07, 6.45) is 0. The Labute approximate surface area is 867 Å². The zero-order valence-electron chi connectivity index (χ0n) is 87.4. The van der Waals surface area contributed by atoms with Gasteiger partial charge in [-0.25, -0.2) is 0 Å². The van der Waals surface area contributed by atoms with E-state index in [0.717, 1.165) is 145 Å². The monoisotopic (exact) mass is 1990 g/mol. The van der Waals surface area contributed by atoms with Gasteiger partial charge in [0.05, 0.1) is 11.4 Å². The van der Waals surface area contributed by atoms with E-state index in [4.69, 9.17) is 36.8 Å². The van der Waals surface area contributed by atoms with E-state index in [9.17, 15) is 5.11 Å². The van der Waals surface area contributed by atoms with Crippen molar-refractivity contribution in [1.29, 1.82) is 0 Å². The number of phenolic OH excluding ortho intramolecular Hbond substituents is 1. The number of nitrogens with zero attached hydrogens (tertiary/aromatic N) is 4. The molecule has 0 fully saturated rings. The van der Waals surface area contributed by atoms with Crippen molar-refractivity contribution in [2.75, 3.05) is 19.6 Å². The van der Waals surface area contributed by atoms with Crippen LogP contribution in [0.25, 0.3) is 66.8 Å². The van der Waals surface area contributed by atoms with Crippen LogP contribution in [0.15, 0.2) is 389 Å². The molecule has 8 nitrogen and oxygen atoms in total. The van der Waals surface area contributed by atoms with Crippen molar-refractivity contribution in [2.45, 2.75) is 209 Å². The Morgan fingerprint density at radius 2 is 0.476 bits per heavy atom. The Hall–Kier alpha value is -13.5. The molecule has 1 N–H and O–H groups in total. The highest BCUT2D eigenvalue weighted by Gasteiger charge is 2.32. The van der Waals surface area contributed by atoms with Crippen LogP contribution in [0.2, 0.25) is 10.0 Å². The first-order valence-electron chi connectivity index (χ1n) is 49.7. The molecule has 2 aromatic heterocycles. The highest BCUT2D eigenvalue weighted by molar-refractivity contribution is 9.10. The molecule has 0 unspecified atom stereocenters. The lowest BCUT2D eigenvalue weighted by Crippen LogP contribution is -2.16. The molecule has 18 aromatic rings. The number of halogens is 3. The van der Waals surface area contributed by atoms with Crippen LogP contribution < -0.4 is 24.3 Å². The molecule has 728 valence electrons. The summed E-state index contributed by atoms with van der Waals surface area (Å²) in [6.45, 7) is 53.5. The Morgan fingerprint density at radius 1 is 0.224 bits per heavy atom. The van der Waals surface area contributed by atoms with E-state index in [2.05, 4.69) is 517 Å². The Bertz CT molecular complexity index is 7350. The van der Waals surface area contributed by atoms with Gasteiger partial charge in [0.25, 0.3) is 0 Å². The minimum atomic E-state index is -0.254. The van der Waals surface area contributed by atoms with Gasteiger partial charge in [0, 0.05) is 111 Å². The molecule has 0 bridgehead atoms. The maximum atomic E-state index is 11.1. The number of hydrogen-bond acceptors (Lipinski definition) is 8. The average Bonchev–Trinajstić information content (AvgIpc) is 1.40. The van der Waals surface area contributed by atoms with Gasteiger partial charge in [0.1, 0.15) is 50.3 Å². The summed E-state index contributed by atoms with van der Waals surface area (Å²) in [7, 11) is 0. The molecule has 2 heterocycles. The van der Waals surface area contributed by atoms with Crippen molar-refractivity contribution in [3.8, 4) is 62.5 Å². The van der Waals surface area contributed by atoms with Crippen molar-refractivity contribution in [3.05, 3.63) is 435 Å². The van der Waals surface area contributed by atoms with E-state index >= 15 is 0 Å². The smallest absolute Gasteiger partial charge is 0.148 e. The number of furan rings is 2. The largest absolute Gasteiger partial charge is 0.506 e. The van der Waals surface area contributed by atoms with Gasteiger partial charge >= 0.3 is 0 Å². The Balaban J connectivity index is 0.000000172. The molecule has 0 spiro atoms. The lowest BCUT2D eigenvalue weighted by atomic mass is 9.86. The fraction of sp³-hybridized carbons (Fsp3) is 0.242. The van der Waals surface area contributed by atoms with Crippen LogP contribution in [0.1, 0.15) is 211 Å². The maximum Gasteiger partial charge on any atom is 0.148 e. The van der Waals surface area contributed by atoms with E-state index < -0.39 is 0 Å². The van der Waals surface area contributed by atoms with Crippen molar-refractivity contribution < 1.29 is 18.7 Å². The molecule has 0 aliphatic heterocycles. The second-order valence-electron chi connectivity index (χ2n) is 45.8. The molecular weight excluding hydrogens is 1860 g/mol. The average molecular weight is 1990 g/mol. The van der Waals surface area contributed by atoms with E-state index in [1.165, 1.54) is 33.4 Å². The zero-order chi connectivity index (χ0) is 102. The number of aromatic hydroxyl groups is 1. The second-order valence-corrected chi connectivity index (χ2v) is 47.5. The predicted molar refractivity (Wildman–Crippen MR) is 615 cm³/mol. The van der Waals surface area contributed by atoms with Crippen molar-refractivity contribution >= 4 is 129 Å². The SMILES string of the molecule is CC(C)(C)c1ccc(N(c2ccc(C(C)(C)C)cc2)c2cccc(Br)c2)cc1.CC(C)(C)c1ccc(N(c2ccc(C(C)(C)C)cc2)c2cccc(Oc3cc(C(C)(C)C)cc(N(c4ccc(C(C)(C)C)cc4)c4ccc5c(-c6ccccc6)oc(-c6ccccc6)c5c4)c3Cl)c2)cc1.CC(C)(C)c1ccc(N(c2ccc3c(-c4ccccc4)oc(-c4ccccc4)c3c2)c2cc(C(C)(C)C)cc(O)c2Cl)cc1. The molecule has 11 heteroatoms. The molecule has 16 aromatic carbocycles. The van der Waals surface area contributed by atoms with Crippen molar-refractivity contribution in [2.24, 2.45) is 0 Å². The first kappa shape index (κ1) is 102. The van der Waals surface area contributed by atoms with Crippen LogP contribution >= 0.6 is 39.1 Å². The minimum Gasteiger partial charge on any atom is -0.506 e. The van der Waals surface area contributed by atoms with Gasteiger partial charge in [-0.1, -0.05) is 412 Å². The van der Waals surface area contributed by atoms with Crippen LogP contribution in [0, 0.1) is 0 Å². The summed E-state index contributed by atoms with van der Waals surface area (Å²) in [4.78, 5) is 9.00. The zero-order valence-corrected chi connectivity index (χ0v) is 90.5. The molecule has 143 heavy (non-hydrogen) atoms. The number of fused-ring (bicyclic) bond motifs is 2. The van der Waals surface area contributed by atoms with Crippen molar-refractivity contribution in [1.82, 2.24) is 0 Å². The Kier molecular flexibility index (Phi) is 29.4. The molecule has 0 atom stereocenters. The first-order chi connectivity index (χ1) is 67.6. The van der Waals surface area contributed by atoms with E-state index in [0.29, 0.717) is 27.2 Å². The molecule has 0 aliphatic rings. The Morgan fingerprint density at radius 3 is 0.769 bits per heavy atom. The first-order valence-corrected chi connectivity index (χ1v) is 51.2. The number of anilines is 12. The highest BCUT2D eigenvalue weighted by Crippen LogP contribution is 2.54. The van der Waals surface area contributed by atoms with Gasteiger partial charge in [0.15, 0.2) is 0 Å². The third kappa shape index (κ3) is 23.4. The lowest BCUT2D eigenvalue weighted by Gasteiger charge is -2.31. The van der Waals surface area contributed by atoms with E-state index in [-0.39, 0.29) is 49.1 Å². The van der Waals surface area contributed by atoms with Crippen LogP contribution in [-0.2, 0) is 43.3 Å². The molecular formula is C132H135BrCl2N4O4. The number of hydrogen-bond donors (Lipinski definition) is 1. The highest BCUT2D eigenvalue weighted by atomic mass is 79.9. The summed E-state index contributed by atoms with van der Waals surface area (Å²) < 4.78 is 21.7. The van der Waals surface area contributed by atoms with Crippen molar-refractivity contribution in [3.63, 3.8) is 0 Å². The molecule has 0 amide bonds. The predicted octanol–water partition coefficient (Wildman–Crippen LogP) is 41.0. The standard InChI is InChI=1S/C66H67ClN2O2.C40H38ClNO2.C26H30BrN/c1-63(2,3)46-26-32-50(33-27-46)68(51-34-28-47(29-35-51)64(4,5)6)53-24-19-25-55(42-53)70-59-41-49(66(10,11)12)40-58(60(59)67)69(52-36-30-48(31-37-52)65(7,8)9)54-38-39-56-57(43-54)62(45-22-17-14-18-23-45)71-61(56)44-20-15-13-16-21-44;1-39(2,3)28-17-19-30(20-18-28)42(34-23-29(40(4,5)6)24-35(43)36(34)41)31-21-22-32-33(25-31)38(27-15-11-8-12-16-27)44-37(32)26-13-9-7-10-14-26;1-25(2,3)19-10-14-22(15-11-19)28(24-9-7-8-21(27)18-24)23-16-12-20(13-17-23)26(4,5)6/h13-43H,1-12H3;7-25,43H,1-6H3;7-18H,1-6H3. The van der Waals surface area contributed by atoms with Crippen LogP contribution in [0.4, 0.5) is 68.2 Å². The summed E-state index contributed by atoms with van der Waals surface area (Å²) >= 11 is 18.4. The van der Waals surface area contributed by atoms with E-state index in [1.807, 2.05) is 54.6 Å². The third-order valence-electron chi connectivity index (χ3n) is 26.6. The van der Waals surface area contributed by atoms with Gasteiger partial charge in [0.2, 0.25) is 0 Å². The van der Waals surface area contributed by atoms with E-state index in [1.54, 1.807) is 6.07 Å².